The number of aromatic nitrogens is 1. The summed E-state index contributed by atoms with van der Waals surface area (Å²) in [6, 6.07) is 9.27. The zero-order valence-electron chi connectivity index (χ0n) is 21.2. The molecular weight excluding hydrogens is 464 g/mol. The van der Waals surface area contributed by atoms with Crippen LogP contribution in [0.1, 0.15) is 26.7 Å². The van der Waals surface area contributed by atoms with Gasteiger partial charge in [0, 0.05) is 36.4 Å². The van der Waals surface area contributed by atoms with Gasteiger partial charge in [0.25, 0.3) is 6.01 Å². The van der Waals surface area contributed by atoms with E-state index in [0.717, 1.165) is 25.9 Å². The van der Waals surface area contributed by atoms with E-state index in [1.54, 1.807) is 6.07 Å². The first-order valence-electron chi connectivity index (χ1n) is 12.5. The van der Waals surface area contributed by atoms with Crippen molar-refractivity contribution >= 4 is 23.1 Å². The van der Waals surface area contributed by atoms with Crippen LogP contribution < -0.4 is 19.9 Å². The van der Waals surface area contributed by atoms with Gasteiger partial charge in [0.05, 0.1) is 17.9 Å². The van der Waals surface area contributed by atoms with Crippen LogP contribution in [-0.2, 0) is 0 Å². The highest BCUT2D eigenvalue weighted by atomic mass is 19.1. The molecule has 192 valence electrons. The zero-order valence-corrected chi connectivity index (χ0v) is 21.2. The quantitative estimate of drug-likeness (QED) is 0.483. The van der Waals surface area contributed by atoms with Gasteiger partial charge < -0.3 is 29.2 Å². The molecule has 2 aliphatic rings. The summed E-state index contributed by atoms with van der Waals surface area (Å²) >= 11 is 0. The fourth-order valence-corrected chi connectivity index (χ4v) is 5.04. The van der Waals surface area contributed by atoms with Crippen molar-refractivity contribution < 1.29 is 17.9 Å². The van der Waals surface area contributed by atoms with Crippen LogP contribution in [0.5, 0.6) is 5.75 Å². The Morgan fingerprint density at radius 1 is 1.03 bits per heavy atom. The third kappa shape index (κ3) is 4.84. The minimum Gasteiger partial charge on any atom is -0.486 e. The second-order valence-electron chi connectivity index (χ2n) is 9.95. The molecule has 1 aromatic heterocycles. The first-order valence-corrected chi connectivity index (χ1v) is 12.5. The topological polar surface area (TPSA) is 57.0 Å². The lowest BCUT2D eigenvalue weighted by molar-refractivity contribution is 0.249. The number of oxazole rings is 1. The Kier molecular flexibility index (Phi) is 6.75. The molecule has 1 N–H and O–H groups in total. The molecule has 2 aromatic carbocycles. The fourth-order valence-electron chi connectivity index (χ4n) is 5.04. The molecule has 7 nitrogen and oxygen atoms in total. The van der Waals surface area contributed by atoms with Crippen molar-refractivity contribution in [1.82, 2.24) is 9.88 Å². The lowest BCUT2D eigenvalue weighted by Crippen LogP contribution is -2.42. The normalized spacial score (nSPS) is 16.4. The molecule has 0 radical (unpaired) electrons. The summed E-state index contributed by atoms with van der Waals surface area (Å²) in [5.74, 6) is -0.458. The van der Waals surface area contributed by atoms with Gasteiger partial charge in [-0.15, -0.1) is 0 Å². The average molecular weight is 498 g/mol. The highest BCUT2D eigenvalue weighted by Crippen LogP contribution is 2.39. The van der Waals surface area contributed by atoms with Crippen LogP contribution in [-0.4, -0.2) is 62.3 Å². The van der Waals surface area contributed by atoms with Gasteiger partial charge in [-0.05, 0) is 71.1 Å². The molecule has 0 spiro atoms. The van der Waals surface area contributed by atoms with Gasteiger partial charge in [-0.25, -0.2) is 8.78 Å². The van der Waals surface area contributed by atoms with Crippen LogP contribution in [0.15, 0.2) is 41.0 Å². The first kappa shape index (κ1) is 24.4. The standard InChI is InChI=1S/C27H33F2N5O2/c1-17(2)34-11-12-35-26-22(29)13-18(14-25(26)34)23-16-36-27(31-23)30-19-5-6-24(21(28)15-19)33-9-7-20(8-10-33)32(3)4/h5-6,13-17,20H,7-12H2,1-4H3,(H,30,31). The number of halogens is 2. The molecule has 0 aliphatic carbocycles. The van der Waals surface area contributed by atoms with Crippen molar-refractivity contribution in [1.29, 1.82) is 0 Å². The van der Waals surface area contributed by atoms with E-state index in [1.807, 2.05) is 12.1 Å². The van der Waals surface area contributed by atoms with Gasteiger partial charge in [-0.1, -0.05) is 0 Å². The van der Waals surface area contributed by atoms with Crippen LogP contribution >= 0.6 is 0 Å². The number of hydrogen-bond donors (Lipinski definition) is 1. The third-order valence-electron chi connectivity index (χ3n) is 7.07. The van der Waals surface area contributed by atoms with Crippen molar-refractivity contribution in [2.75, 3.05) is 55.5 Å². The number of benzene rings is 2. The molecule has 0 saturated carbocycles. The summed E-state index contributed by atoms with van der Waals surface area (Å²) in [4.78, 5) is 10.9. The van der Waals surface area contributed by atoms with Crippen molar-refractivity contribution in [3.63, 3.8) is 0 Å². The summed E-state index contributed by atoms with van der Waals surface area (Å²) < 4.78 is 41.0. The number of rotatable bonds is 6. The van der Waals surface area contributed by atoms with Gasteiger partial charge in [0.15, 0.2) is 11.6 Å². The minimum absolute atomic E-state index is 0.203. The maximum atomic E-state index is 15.0. The Labute approximate surface area is 210 Å². The summed E-state index contributed by atoms with van der Waals surface area (Å²) in [6.07, 6.45) is 3.48. The van der Waals surface area contributed by atoms with E-state index < -0.39 is 5.82 Å². The predicted molar refractivity (Wildman–Crippen MR) is 138 cm³/mol. The molecule has 1 fully saturated rings. The highest BCUT2D eigenvalue weighted by molar-refractivity contribution is 5.72. The number of piperidine rings is 1. The predicted octanol–water partition coefficient (Wildman–Crippen LogP) is 5.50. The van der Waals surface area contributed by atoms with E-state index in [-0.39, 0.29) is 23.6 Å². The molecule has 0 atom stereocenters. The number of nitrogens with zero attached hydrogens (tertiary/aromatic N) is 4. The zero-order chi connectivity index (χ0) is 25.4. The largest absolute Gasteiger partial charge is 0.486 e. The fraction of sp³-hybridized carbons (Fsp3) is 0.444. The summed E-state index contributed by atoms with van der Waals surface area (Å²) in [5, 5.41) is 3.02. The molecule has 9 heteroatoms. The van der Waals surface area contributed by atoms with Gasteiger partial charge in [0.2, 0.25) is 0 Å². The number of hydrogen-bond acceptors (Lipinski definition) is 7. The lowest BCUT2D eigenvalue weighted by Gasteiger charge is -2.36. The van der Waals surface area contributed by atoms with Gasteiger partial charge in [-0.3, -0.25) is 0 Å². The van der Waals surface area contributed by atoms with E-state index in [9.17, 15) is 8.78 Å². The Hall–Kier alpha value is -3.33. The molecule has 3 heterocycles. The number of ether oxygens (including phenoxy) is 1. The summed E-state index contributed by atoms with van der Waals surface area (Å²) in [5.41, 5.74) is 2.91. The summed E-state index contributed by atoms with van der Waals surface area (Å²) in [7, 11) is 4.18. The SMILES string of the molecule is CC(C)N1CCOc2c(F)cc(-c3coc(Nc4ccc(N5CCC(N(C)C)CC5)c(F)c4)n3)cc21. The van der Waals surface area contributed by atoms with Crippen molar-refractivity contribution in [2.24, 2.45) is 0 Å². The molecule has 0 unspecified atom stereocenters. The van der Waals surface area contributed by atoms with Crippen LogP contribution in [0.2, 0.25) is 0 Å². The molecule has 3 aromatic rings. The number of nitrogens with one attached hydrogen (secondary N) is 1. The third-order valence-corrected chi connectivity index (χ3v) is 7.07. The lowest BCUT2D eigenvalue weighted by atomic mass is 10.0. The molecular formula is C27H33F2N5O2. The highest BCUT2D eigenvalue weighted by Gasteiger charge is 2.26. The molecule has 0 amide bonds. The minimum atomic E-state index is -0.433. The van der Waals surface area contributed by atoms with Crippen LogP contribution in [0, 0.1) is 11.6 Å². The Morgan fingerprint density at radius 3 is 2.50 bits per heavy atom. The molecule has 5 rings (SSSR count). The molecule has 0 bridgehead atoms. The van der Waals surface area contributed by atoms with Crippen LogP contribution in [0.25, 0.3) is 11.3 Å². The molecule has 2 aliphatic heterocycles. The summed E-state index contributed by atoms with van der Waals surface area (Å²) in [6.45, 7) is 6.91. The van der Waals surface area contributed by atoms with Gasteiger partial charge in [-0.2, -0.15) is 4.98 Å². The van der Waals surface area contributed by atoms with E-state index in [1.165, 1.54) is 18.4 Å². The van der Waals surface area contributed by atoms with Crippen molar-refractivity contribution in [3.8, 4) is 17.0 Å². The molecule has 1 saturated heterocycles. The second kappa shape index (κ2) is 9.97. The number of fused-ring (bicyclic) bond motifs is 1. The smallest absolute Gasteiger partial charge is 0.299 e. The van der Waals surface area contributed by atoms with E-state index in [4.69, 9.17) is 9.15 Å². The average Bonchev–Trinajstić information content (AvgIpc) is 3.32. The molecule has 36 heavy (non-hydrogen) atoms. The maximum Gasteiger partial charge on any atom is 0.299 e. The Morgan fingerprint density at radius 2 is 1.81 bits per heavy atom. The first-order chi connectivity index (χ1) is 17.3. The Balaban J connectivity index is 1.31. The monoisotopic (exact) mass is 497 g/mol. The maximum absolute atomic E-state index is 15.0. The van der Waals surface area contributed by atoms with Gasteiger partial charge in [0.1, 0.15) is 24.4 Å². The van der Waals surface area contributed by atoms with Gasteiger partial charge >= 0.3 is 0 Å². The van der Waals surface area contributed by atoms with E-state index in [2.05, 4.69) is 52.9 Å². The van der Waals surface area contributed by atoms with Crippen molar-refractivity contribution in [3.05, 3.63) is 48.2 Å². The van der Waals surface area contributed by atoms with E-state index >= 15 is 0 Å². The van der Waals surface area contributed by atoms with E-state index in [0.29, 0.717) is 47.5 Å². The van der Waals surface area contributed by atoms with Crippen LogP contribution in [0.3, 0.4) is 0 Å². The number of anilines is 4. The second-order valence-corrected chi connectivity index (χ2v) is 9.95. The Bertz CT molecular complexity index is 1220. The van der Waals surface area contributed by atoms with Crippen LogP contribution in [0.4, 0.5) is 31.9 Å². The van der Waals surface area contributed by atoms with Crippen molar-refractivity contribution in [2.45, 2.75) is 38.8 Å².